The molecule has 3 aliphatic rings. The van der Waals surface area contributed by atoms with Crippen molar-refractivity contribution in [3.8, 4) is 0 Å². The van der Waals surface area contributed by atoms with Gasteiger partial charge in [0.15, 0.2) is 29.5 Å². The summed E-state index contributed by atoms with van der Waals surface area (Å²) in [5.41, 5.74) is 10.4. The second-order valence-electron chi connectivity index (χ2n) is 23.2. The fourth-order valence-corrected chi connectivity index (χ4v) is 16.2. The maximum atomic E-state index is 13.0. The summed E-state index contributed by atoms with van der Waals surface area (Å²) in [6.45, 7) is 37.0. The number of nitrogens with two attached hydrogens (primary N) is 2. The Bertz CT molecular complexity index is 1660. The molecule has 3 fully saturated rings. The van der Waals surface area contributed by atoms with E-state index in [0.717, 1.165) is 45.1 Å². The molecule has 0 saturated heterocycles. The Morgan fingerprint density at radius 2 is 0.793 bits per heavy atom. The van der Waals surface area contributed by atoms with Gasteiger partial charge in [-0.1, -0.05) is 62.3 Å². The summed E-state index contributed by atoms with van der Waals surface area (Å²) < 4.78 is 90.1. The van der Waals surface area contributed by atoms with Gasteiger partial charge in [-0.15, -0.1) is 0 Å². The van der Waals surface area contributed by atoms with Crippen LogP contribution in [-0.4, -0.2) is 119 Å². The molecule has 0 aromatic carbocycles. The smallest absolute Gasteiger partial charge is 0.163 e. The largest absolute Gasteiger partial charge is 0.379 e. The highest BCUT2D eigenvalue weighted by molar-refractivity contribution is 7.95. The van der Waals surface area contributed by atoms with Crippen LogP contribution in [0.1, 0.15) is 163 Å². The molecule has 15 heteroatoms. The molecule has 0 radical (unpaired) electrons. The Kier molecular flexibility index (Phi) is 17.6. The minimum atomic E-state index is -3.27. The van der Waals surface area contributed by atoms with Crippen molar-refractivity contribution in [1.82, 2.24) is 5.32 Å². The number of likely N-dealkylation sites (N-methyl/N-ethyl adjacent to an activating group) is 1. The topological polar surface area (TPSA) is 194 Å². The first kappa shape index (κ1) is 55.6. The first-order chi connectivity index (χ1) is 25.6. The summed E-state index contributed by atoms with van der Waals surface area (Å²) >= 11 is 0. The normalized spacial score (nSPS) is 20.2. The lowest BCUT2D eigenvalue weighted by Gasteiger charge is -2.37. The average molecular weight is 888 g/mol. The van der Waals surface area contributed by atoms with Crippen LogP contribution in [0.5, 0.6) is 0 Å². The van der Waals surface area contributed by atoms with E-state index in [1.807, 2.05) is 90.1 Å². The maximum absolute atomic E-state index is 13.0. The molecule has 58 heavy (non-hydrogen) atoms. The Balaban J connectivity index is 0.000000435. The SMILES string of the molecule is CC(C)(N)COCC(C)(C)S(=O)(=O)C1(C(C)(C)C)CC1.CC(N)COCC(C)(C)S(=O)(=O)C1(C(C)(C)C)CC1.CNCCOCC(C)(C)S(=O)(=O)C1(C(C)(C)C)CC1. The van der Waals surface area contributed by atoms with Crippen LogP contribution in [0.4, 0.5) is 0 Å². The zero-order chi connectivity index (χ0) is 46.1. The van der Waals surface area contributed by atoms with Crippen LogP contribution in [0.2, 0.25) is 0 Å². The van der Waals surface area contributed by atoms with Crippen molar-refractivity contribution in [2.75, 3.05) is 53.2 Å². The lowest BCUT2D eigenvalue weighted by molar-refractivity contribution is 0.0829. The van der Waals surface area contributed by atoms with Crippen LogP contribution in [-0.2, 0) is 43.7 Å². The number of sulfone groups is 3. The van der Waals surface area contributed by atoms with E-state index < -0.39 is 63.5 Å². The van der Waals surface area contributed by atoms with Gasteiger partial charge in [-0.05, 0) is 124 Å². The number of rotatable bonds is 19. The minimum absolute atomic E-state index is 0.0731. The molecule has 1 unspecified atom stereocenters. The molecular weight excluding hydrogens is 799 g/mol. The van der Waals surface area contributed by atoms with Gasteiger partial charge in [0.2, 0.25) is 0 Å². The highest BCUT2D eigenvalue weighted by Gasteiger charge is 2.67. The maximum Gasteiger partial charge on any atom is 0.163 e. The Hall–Kier alpha value is -0.390. The van der Waals surface area contributed by atoms with Gasteiger partial charge in [-0.25, -0.2) is 25.3 Å². The molecule has 0 spiro atoms. The van der Waals surface area contributed by atoms with Crippen LogP contribution in [0, 0.1) is 16.2 Å². The third kappa shape index (κ3) is 12.0. The van der Waals surface area contributed by atoms with Crippen molar-refractivity contribution in [3.05, 3.63) is 0 Å². The molecule has 3 saturated carbocycles. The lowest BCUT2D eigenvalue weighted by Crippen LogP contribution is -2.50. The molecule has 12 nitrogen and oxygen atoms in total. The van der Waals surface area contributed by atoms with E-state index in [0.29, 0.717) is 19.8 Å². The van der Waals surface area contributed by atoms with Crippen LogP contribution in [0.25, 0.3) is 0 Å². The minimum Gasteiger partial charge on any atom is -0.379 e. The summed E-state index contributed by atoms with van der Waals surface area (Å²) in [6, 6.07) is -0.0731. The van der Waals surface area contributed by atoms with E-state index in [2.05, 4.69) is 5.32 Å². The molecule has 348 valence electrons. The molecule has 1 atom stereocenters. The van der Waals surface area contributed by atoms with Crippen LogP contribution in [0.3, 0.4) is 0 Å². The van der Waals surface area contributed by atoms with Crippen molar-refractivity contribution >= 4 is 29.5 Å². The quantitative estimate of drug-likeness (QED) is 0.117. The Labute approximate surface area is 357 Å². The summed E-state index contributed by atoms with van der Waals surface area (Å²) in [5, 5.41) is 2.99. The molecule has 3 aliphatic carbocycles. The third-order valence-corrected chi connectivity index (χ3v) is 23.5. The fourth-order valence-electron chi connectivity index (χ4n) is 7.97. The second kappa shape index (κ2) is 18.4. The zero-order valence-electron chi connectivity index (χ0n) is 40.3. The summed E-state index contributed by atoms with van der Waals surface area (Å²) in [5.74, 6) is 0. The van der Waals surface area contributed by atoms with Crippen molar-refractivity contribution < 1.29 is 39.5 Å². The Morgan fingerprint density at radius 1 is 0.517 bits per heavy atom. The summed E-state index contributed by atoms with van der Waals surface area (Å²) in [4.78, 5) is 0. The molecule has 3 rings (SSSR count). The van der Waals surface area contributed by atoms with Crippen LogP contribution in [0.15, 0.2) is 0 Å². The predicted molar refractivity (Wildman–Crippen MR) is 242 cm³/mol. The molecule has 0 aliphatic heterocycles. The standard InChI is InChI=1S/C15H31NO3S.2C14H29NO3S/c1-12(2,3)15(8-9-15)20(17,18)14(6,7)11-19-10-13(4,5)16;1-11(15)9-18-10-13(5,6)19(16,17)14(7-8-14)12(2,3)4;1-12(2,3)14(7-8-14)19(16,17)13(4,5)11-18-10-9-15-6/h8-11,16H2,1-7H3;11H,7-10,15H2,1-6H3;15H,7-11H2,1-6H3. The van der Waals surface area contributed by atoms with E-state index >= 15 is 0 Å². The van der Waals surface area contributed by atoms with Gasteiger partial charge in [0.25, 0.3) is 0 Å². The number of hydrogen-bond donors (Lipinski definition) is 3. The van der Waals surface area contributed by atoms with Gasteiger partial charge < -0.3 is 31.0 Å². The number of ether oxygens (including phenoxy) is 3. The van der Waals surface area contributed by atoms with E-state index in [1.54, 1.807) is 41.5 Å². The average Bonchev–Trinajstić information content (AvgIpc) is 3.87. The van der Waals surface area contributed by atoms with Gasteiger partial charge in [0.1, 0.15) is 0 Å². The molecule has 0 aromatic heterocycles. The molecule has 0 aromatic rings. The first-order valence-electron chi connectivity index (χ1n) is 21.2. The van der Waals surface area contributed by atoms with Crippen molar-refractivity contribution in [2.24, 2.45) is 27.7 Å². The number of nitrogens with one attached hydrogen (secondary N) is 1. The predicted octanol–water partition coefficient (Wildman–Crippen LogP) is 6.63. The van der Waals surface area contributed by atoms with Crippen molar-refractivity contribution in [2.45, 2.75) is 203 Å². The van der Waals surface area contributed by atoms with Gasteiger partial charge in [0.05, 0.1) is 68.1 Å². The van der Waals surface area contributed by atoms with E-state index in [9.17, 15) is 25.3 Å². The second-order valence-corrected chi connectivity index (χ2v) is 31.8. The van der Waals surface area contributed by atoms with Crippen molar-refractivity contribution in [1.29, 1.82) is 0 Å². The zero-order valence-corrected chi connectivity index (χ0v) is 42.8. The molecular formula is C43H89N3O9S3. The van der Waals surface area contributed by atoms with E-state index in [-0.39, 0.29) is 42.1 Å². The van der Waals surface area contributed by atoms with Crippen molar-refractivity contribution in [3.63, 3.8) is 0 Å². The van der Waals surface area contributed by atoms with E-state index in [4.69, 9.17) is 25.7 Å². The highest BCUT2D eigenvalue weighted by Crippen LogP contribution is 2.60. The lowest BCUT2D eigenvalue weighted by atomic mass is 9.89. The molecule has 0 bridgehead atoms. The molecule has 5 N–H and O–H groups in total. The monoisotopic (exact) mass is 888 g/mol. The number of hydrogen-bond acceptors (Lipinski definition) is 12. The summed E-state index contributed by atoms with van der Waals surface area (Å²) in [6.07, 6.45) is 4.58. The van der Waals surface area contributed by atoms with Gasteiger partial charge in [-0.2, -0.15) is 0 Å². The third-order valence-electron chi connectivity index (χ3n) is 12.6. The first-order valence-corrected chi connectivity index (χ1v) is 25.7. The Morgan fingerprint density at radius 3 is 1.02 bits per heavy atom. The molecule has 0 heterocycles. The van der Waals surface area contributed by atoms with Gasteiger partial charge in [0, 0.05) is 18.1 Å². The van der Waals surface area contributed by atoms with Crippen LogP contribution >= 0.6 is 0 Å². The van der Waals surface area contributed by atoms with Crippen LogP contribution < -0.4 is 16.8 Å². The van der Waals surface area contributed by atoms with Gasteiger partial charge in [-0.3, -0.25) is 0 Å². The van der Waals surface area contributed by atoms with E-state index in [1.165, 1.54) is 0 Å². The summed E-state index contributed by atoms with van der Waals surface area (Å²) in [7, 11) is -7.88. The highest BCUT2D eigenvalue weighted by atomic mass is 32.2. The van der Waals surface area contributed by atoms with Gasteiger partial charge >= 0.3 is 0 Å². The molecule has 0 amide bonds. The fraction of sp³-hybridized carbons (Fsp3) is 1.00.